The molecule has 0 radical (unpaired) electrons. The lowest BCUT2D eigenvalue weighted by atomic mass is 9.97. The molecule has 1 aliphatic heterocycles. The van der Waals surface area contributed by atoms with Crippen molar-refractivity contribution in [2.45, 2.75) is 38.9 Å². The van der Waals surface area contributed by atoms with Crippen LogP contribution in [0.15, 0.2) is 69.2 Å². The minimum atomic E-state index is -0.398. The largest absolute Gasteiger partial charge is 0.320 e. The van der Waals surface area contributed by atoms with Crippen LogP contribution in [0.1, 0.15) is 53.4 Å². The molecule has 7 nitrogen and oxygen atoms in total. The van der Waals surface area contributed by atoms with Gasteiger partial charge in [-0.15, -0.1) is 10.2 Å². The number of rotatable bonds is 8. The van der Waals surface area contributed by atoms with Crippen LogP contribution in [-0.2, 0) is 13.0 Å². The molecular formula is C22H21ClN6O. The molecule has 1 aromatic heterocycles. The fourth-order valence-corrected chi connectivity index (χ4v) is 3.79. The Bertz CT molecular complexity index is 1090. The van der Waals surface area contributed by atoms with Crippen molar-refractivity contribution in [1.82, 2.24) is 9.55 Å². The monoisotopic (exact) mass is 420 g/mol. The molecule has 0 atom stereocenters. The van der Waals surface area contributed by atoms with E-state index in [1.165, 1.54) is 0 Å². The molecular weight excluding hydrogens is 400 g/mol. The predicted molar refractivity (Wildman–Crippen MR) is 115 cm³/mol. The van der Waals surface area contributed by atoms with Gasteiger partial charge in [0, 0.05) is 18.5 Å². The Morgan fingerprint density at radius 1 is 1.07 bits per heavy atom. The number of carbonyl (C=O) groups excluding carboxylic acids is 1. The minimum Gasteiger partial charge on any atom is -0.320 e. The fourth-order valence-electron chi connectivity index (χ4n) is 3.54. The average molecular weight is 421 g/mol. The highest BCUT2D eigenvalue weighted by atomic mass is 35.5. The molecule has 0 unspecified atom stereocenters. The number of nitrogens with zero attached hydrogens (tertiary/aromatic N) is 6. The Labute approximate surface area is 179 Å². The Hall–Kier alpha value is -3.19. The summed E-state index contributed by atoms with van der Waals surface area (Å²) >= 11 is 6.18. The van der Waals surface area contributed by atoms with Crippen LogP contribution >= 0.6 is 11.6 Å². The van der Waals surface area contributed by atoms with Gasteiger partial charge >= 0.3 is 0 Å². The first-order valence-electron chi connectivity index (χ1n) is 9.89. The summed E-state index contributed by atoms with van der Waals surface area (Å²) in [4.78, 5) is 15.9. The fraction of sp³-hybridized carbons (Fsp3) is 0.273. The summed E-state index contributed by atoms with van der Waals surface area (Å²) in [5.74, 6) is 0.843. The van der Waals surface area contributed by atoms with E-state index in [2.05, 4.69) is 56.8 Å². The first kappa shape index (κ1) is 20.1. The van der Waals surface area contributed by atoms with Crippen LogP contribution in [0.25, 0.3) is 11.1 Å². The van der Waals surface area contributed by atoms with Crippen molar-refractivity contribution in [3.63, 3.8) is 0 Å². The first-order chi connectivity index (χ1) is 14.7. The van der Waals surface area contributed by atoms with E-state index >= 15 is 0 Å². The first-order valence-corrected chi connectivity index (χ1v) is 10.3. The number of aromatic nitrogens is 2. The summed E-state index contributed by atoms with van der Waals surface area (Å²) in [6.07, 6.45) is 3.22. The molecule has 0 spiro atoms. The molecule has 2 aromatic carbocycles. The van der Waals surface area contributed by atoms with E-state index in [9.17, 15) is 4.79 Å². The number of halogens is 1. The Balaban J connectivity index is 1.61. The zero-order valence-electron chi connectivity index (χ0n) is 16.6. The van der Waals surface area contributed by atoms with E-state index in [1.807, 2.05) is 28.8 Å². The predicted octanol–water partition coefficient (Wildman–Crippen LogP) is 6.24. The summed E-state index contributed by atoms with van der Waals surface area (Å²) in [5.41, 5.74) is 4.54. The molecule has 0 bridgehead atoms. The highest BCUT2D eigenvalue weighted by Gasteiger charge is 2.18. The van der Waals surface area contributed by atoms with Gasteiger partial charge in [0.25, 0.3) is 0 Å². The molecule has 1 aliphatic rings. The van der Waals surface area contributed by atoms with Crippen molar-refractivity contribution >= 4 is 17.9 Å². The molecule has 4 rings (SSSR count). The molecule has 3 aromatic rings. The van der Waals surface area contributed by atoms with Crippen LogP contribution in [0.2, 0.25) is 5.15 Å². The number of hydrogen-bond donors (Lipinski definition) is 0. The van der Waals surface area contributed by atoms with Gasteiger partial charge < -0.3 is 4.57 Å². The second kappa shape index (κ2) is 9.09. The molecule has 8 heteroatoms. The van der Waals surface area contributed by atoms with Crippen molar-refractivity contribution in [2.24, 2.45) is 20.7 Å². The van der Waals surface area contributed by atoms with E-state index in [0.717, 1.165) is 53.6 Å². The van der Waals surface area contributed by atoms with Gasteiger partial charge in [-0.1, -0.05) is 73.5 Å². The Morgan fingerprint density at radius 3 is 2.50 bits per heavy atom. The van der Waals surface area contributed by atoms with E-state index in [-0.39, 0.29) is 5.15 Å². The lowest BCUT2D eigenvalue weighted by molar-refractivity contribution is 0.111. The summed E-state index contributed by atoms with van der Waals surface area (Å²) in [6.45, 7) is 2.67. The lowest BCUT2D eigenvalue weighted by Crippen LogP contribution is -2.08. The summed E-state index contributed by atoms with van der Waals surface area (Å²) in [6, 6.07) is 16.2. The van der Waals surface area contributed by atoms with Gasteiger partial charge in [-0.2, -0.15) is 0 Å². The maximum absolute atomic E-state index is 11.5. The van der Waals surface area contributed by atoms with Crippen molar-refractivity contribution in [2.75, 3.05) is 0 Å². The maximum atomic E-state index is 11.5. The van der Waals surface area contributed by atoms with Gasteiger partial charge in [-0.25, -0.2) is 4.98 Å². The number of carbonyl (C=O) groups is 1. The number of aldehydes is 1. The van der Waals surface area contributed by atoms with Gasteiger partial charge in [0.1, 0.15) is 11.5 Å². The zero-order chi connectivity index (χ0) is 20.9. The summed E-state index contributed by atoms with van der Waals surface area (Å²) in [5, 5.41) is 15.6. The number of benzene rings is 2. The van der Waals surface area contributed by atoms with Crippen LogP contribution in [-0.4, -0.2) is 15.8 Å². The maximum Gasteiger partial charge on any atom is 0.211 e. The van der Waals surface area contributed by atoms with Gasteiger partial charge in [0.15, 0.2) is 11.4 Å². The summed E-state index contributed by atoms with van der Waals surface area (Å²) < 4.78 is 1.91. The Morgan fingerprint density at radius 2 is 1.80 bits per heavy atom. The van der Waals surface area contributed by atoms with E-state index in [1.54, 1.807) is 0 Å². The summed E-state index contributed by atoms with van der Waals surface area (Å²) in [7, 11) is 0. The highest BCUT2D eigenvalue weighted by molar-refractivity contribution is 6.31. The Kier molecular flexibility index (Phi) is 6.09. The second-order valence-electron chi connectivity index (χ2n) is 7.08. The molecule has 2 heterocycles. The van der Waals surface area contributed by atoms with Crippen LogP contribution in [0, 0.1) is 0 Å². The quantitative estimate of drug-likeness (QED) is 0.404. The van der Waals surface area contributed by atoms with Gasteiger partial charge in [-0.3, -0.25) is 4.79 Å². The number of aryl methyl sites for hydroxylation is 1. The van der Waals surface area contributed by atoms with Crippen LogP contribution in [0.3, 0.4) is 0 Å². The number of unbranched alkanes of at least 4 members (excludes halogenated alkanes) is 1. The van der Waals surface area contributed by atoms with Crippen LogP contribution in [0.5, 0.6) is 0 Å². The number of imidazole rings is 1. The van der Waals surface area contributed by atoms with E-state index in [0.29, 0.717) is 12.2 Å². The third kappa shape index (κ3) is 4.07. The molecule has 0 amide bonds. The van der Waals surface area contributed by atoms with E-state index < -0.39 is 6.17 Å². The zero-order valence-corrected chi connectivity index (χ0v) is 17.3. The molecule has 152 valence electrons. The van der Waals surface area contributed by atoms with Crippen molar-refractivity contribution in [3.8, 4) is 11.1 Å². The molecule has 30 heavy (non-hydrogen) atoms. The van der Waals surface area contributed by atoms with Gasteiger partial charge in [-0.05, 0) is 33.6 Å². The normalized spacial score (nSPS) is 13.3. The molecule has 0 fully saturated rings. The third-order valence-electron chi connectivity index (χ3n) is 5.11. The molecule has 0 saturated carbocycles. The lowest BCUT2D eigenvalue weighted by Gasteiger charge is -2.12. The SMILES string of the molecule is CCCCc1nc(Cl)c(C=O)n1Cc1ccc(-c2ccccc2C2N=NN=N2)cc1. The van der Waals surface area contributed by atoms with Crippen molar-refractivity contribution in [3.05, 3.63) is 76.3 Å². The second-order valence-corrected chi connectivity index (χ2v) is 7.44. The standard InChI is InChI=1S/C22H21ClN6O/c1-2-3-8-20-24-21(23)19(14-30)29(20)13-15-9-11-16(12-10-15)17-6-4-5-7-18(17)22-25-27-28-26-22/h4-7,9-12,14,22H,2-3,8,13H2,1H3. The molecule has 0 aliphatic carbocycles. The van der Waals surface area contributed by atoms with Crippen molar-refractivity contribution in [1.29, 1.82) is 0 Å². The highest BCUT2D eigenvalue weighted by Crippen LogP contribution is 2.33. The average Bonchev–Trinajstić information content (AvgIpc) is 3.41. The number of hydrogen-bond acceptors (Lipinski definition) is 6. The van der Waals surface area contributed by atoms with Crippen molar-refractivity contribution < 1.29 is 4.79 Å². The van der Waals surface area contributed by atoms with Gasteiger partial charge in [0.2, 0.25) is 6.17 Å². The third-order valence-corrected chi connectivity index (χ3v) is 5.39. The van der Waals surface area contributed by atoms with Crippen LogP contribution < -0.4 is 0 Å². The van der Waals surface area contributed by atoms with Gasteiger partial charge in [0.05, 0.1) is 0 Å². The molecule has 0 N–H and O–H groups in total. The topological polar surface area (TPSA) is 84.3 Å². The minimum absolute atomic E-state index is 0.265. The molecule has 0 saturated heterocycles. The smallest absolute Gasteiger partial charge is 0.211 e. The van der Waals surface area contributed by atoms with E-state index in [4.69, 9.17) is 11.6 Å². The van der Waals surface area contributed by atoms with Crippen LogP contribution in [0.4, 0.5) is 0 Å².